The number of nitrogens with one attached hydrogen (secondary N) is 1. The number of alkyl halides is 6. The van der Waals surface area contributed by atoms with Crippen molar-refractivity contribution in [2.24, 2.45) is 0 Å². The molecule has 28 heavy (non-hydrogen) atoms. The first kappa shape index (κ1) is 21.9. The molecule has 1 N–H and O–H groups in total. The van der Waals surface area contributed by atoms with Gasteiger partial charge < -0.3 is 10.1 Å². The molecule has 0 bridgehead atoms. The highest BCUT2D eigenvalue weighted by molar-refractivity contribution is 6.34. The lowest BCUT2D eigenvalue weighted by molar-refractivity contribution is -0.137. The number of hydrogen-bond acceptors (Lipinski definition) is 2. The molecule has 1 amide bonds. The van der Waals surface area contributed by atoms with Crippen LogP contribution in [0, 0.1) is 0 Å². The highest BCUT2D eigenvalue weighted by Gasteiger charge is 2.37. The first-order valence-electron chi connectivity index (χ1n) is 7.79. The summed E-state index contributed by atoms with van der Waals surface area (Å²) in [6.45, 7) is -0.547. The Bertz CT molecular complexity index is 854. The Morgan fingerprint density at radius 3 is 2.36 bits per heavy atom. The number of rotatable bonds is 6. The number of benzene rings is 2. The number of anilines is 1. The third-order valence-corrected chi connectivity index (χ3v) is 3.97. The van der Waals surface area contributed by atoms with Crippen molar-refractivity contribution in [1.82, 2.24) is 0 Å². The number of ether oxygens (including phenoxy) is 1. The summed E-state index contributed by atoms with van der Waals surface area (Å²) in [4.78, 5) is 12.3. The predicted octanol–water partition coefficient (Wildman–Crippen LogP) is 5.98. The topological polar surface area (TPSA) is 38.3 Å². The lowest BCUT2D eigenvalue weighted by Crippen LogP contribution is -2.35. The second kappa shape index (κ2) is 8.30. The van der Waals surface area contributed by atoms with E-state index in [4.69, 9.17) is 16.3 Å². The summed E-state index contributed by atoms with van der Waals surface area (Å²) in [5, 5.41) is 2.23. The molecule has 0 aromatic heterocycles. The summed E-state index contributed by atoms with van der Waals surface area (Å²) in [6.07, 6.45) is -8.11. The van der Waals surface area contributed by atoms with Crippen molar-refractivity contribution in [1.29, 1.82) is 0 Å². The Hall–Kier alpha value is -2.42. The molecule has 0 saturated heterocycles. The lowest BCUT2D eigenvalue weighted by atomic mass is 10.1. The van der Waals surface area contributed by atoms with Crippen LogP contribution in [0.3, 0.4) is 0 Å². The van der Waals surface area contributed by atoms with Crippen LogP contribution in [0.25, 0.3) is 0 Å². The first-order chi connectivity index (χ1) is 12.9. The Kier molecular flexibility index (Phi) is 6.48. The predicted molar refractivity (Wildman–Crippen MR) is 91.9 cm³/mol. The van der Waals surface area contributed by atoms with Crippen molar-refractivity contribution >= 4 is 23.2 Å². The van der Waals surface area contributed by atoms with Gasteiger partial charge in [-0.05, 0) is 37.3 Å². The van der Waals surface area contributed by atoms with Crippen LogP contribution in [0.5, 0.6) is 5.75 Å². The van der Waals surface area contributed by atoms with E-state index in [1.54, 1.807) is 6.07 Å². The Morgan fingerprint density at radius 1 is 1.14 bits per heavy atom. The van der Waals surface area contributed by atoms with Crippen molar-refractivity contribution in [3.8, 4) is 5.75 Å². The highest BCUT2D eigenvalue weighted by atomic mass is 35.5. The Morgan fingerprint density at radius 2 is 1.79 bits per heavy atom. The van der Waals surface area contributed by atoms with Crippen LogP contribution in [0.4, 0.5) is 32.0 Å². The molecule has 0 radical (unpaired) electrons. The maximum Gasteiger partial charge on any atom is 0.416 e. The lowest BCUT2D eigenvalue weighted by Gasteiger charge is -2.21. The quantitative estimate of drug-likeness (QED) is 0.578. The molecule has 0 aliphatic rings. The van der Waals surface area contributed by atoms with Gasteiger partial charge in [-0.25, -0.2) is 13.2 Å². The van der Waals surface area contributed by atoms with E-state index in [-0.39, 0.29) is 10.6 Å². The van der Waals surface area contributed by atoms with Gasteiger partial charge in [0.25, 0.3) is 12.3 Å². The van der Waals surface area contributed by atoms with Gasteiger partial charge in [0.05, 0.1) is 21.8 Å². The Balaban J connectivity index is 2.35. The number of halogens is 7. The molecule has 2 aromatic rings. The average Bonchev–Trinajstić information content (AvgIpc) is 2.60. The second-order valence-corrected chi connectivity index (χ2v) is 6.42. The molecule has 3 nitrogen and oxygen atoms in total. The van der Waals surface area contributed by atoms with E-state index in [2.05, 4.69) is 5.32 Å². The third kappa shape index (κ3) is 5.31. The van der Waals surface area contributed by atoms with Gasteiger partial charge in [-0.2, -0.15) is 13.2 Å². The fraction of sp³-hybridized carbons (Fsp3) is 0.278. The zero-order chi connectivity index (χ0) is 21.1. The van der Waals surface area contributed by atoms with E-state index < -0.39 is 47.8 Å². The van der Waals surface area contributed by atoms with Crippen molar-refractivity contribution in [3.05, 3.63) is 58.6 Å². The van der Waals surface area contributed by atoms with Crippen LogP contribution < -0.4 is 10.1 Å². The number of amides is 1. The van der Waals surface area contributed by atoms with E-state index in [1.165, 1.54) is 18.2 Å². The molecule has 2 rings (SSSR count). The number of carbonyl (C=O) groups is 1. The van der Waals surface area contributed by atoms with Crippen molar-refractivity contribution in [2.45, 2.75) is 25.2 Å². The summed E-state index contributed by atoms with van der Waals surface area (Å²) in [5.41, 5.74) is -4.65. The average molecular weight is 426 g/mol. The maximum absolute atomic E-state index is 13.7. The highest BCUT2D eigenvalue weighted by Crippen LogP contribution is 2.36. The molecule has 0 aliphatic carbocycles. The summed E-state index contributed by atoms with van der Waals surface area (Å²) in [6, 6.07) is 7.76. The van der Waals surface area contributed by atoms with Gasteiger partial charge >= 0.3 is 6.18 Å². The fourth-order valence-corrected chi connectivity index (χ4v) is 2.27. The van der Waals surface area contributed by atoms with Gasteiger partial charge in [-0.15, -0.1) is 0 Å². The van der Waals surface area contributed by atoms with Crippen molar-refractivity contribution in [3.63, 3.8) is 0 Å². The van der Waals surface area contributed by atoms with Gasteiger partial charge in [-0.3, -0.25) is 4.79 Å². The van der Waals surface area contributed by atoms with E-state index in [9.17, 15) is 31.1 Å². The molecule has 152 valence electrons. The monoisotopic (exact) mass is 425 g/mol. The summed E-state index contributed by atoms with van der Waals surface area (Å²) >= 11 is 5.88. The smallest absolute Gasteiger partial charge is 0.416 e. The Labute approximate surface area is 161 Å². The molecule has 1 unspecified atom stereocenters. The van der Waals surface area contributed by atoms with E-state index >= 15 is 0 Å². The molecular weight excluding hydrogens is 412 g/mol. The van der Waals surface area contributed by atoms with Crippen LogP contribution in [0.15, 0.2) is 42.5 Å². The minimum Gasteiger partial charge on any atom is -0.488 e. The summed E-state index contributed by atoms with van der Waals surface area (Å²) < 4.78 is 82.8. The fourth-order valence-electron chi connectivity index (χ4n) is 2.05. The molecule has 0 heterocycles. The normalized spacial score (nSPS) is 13.9. The minimum atomic E-state index is -4.74. The largest absolute Gasteiger partial charge is 0.488 e. The SMILES string of the molecule is CC(F)(COc1ccc(C(F)(F)F)cc1NC(=O)c1ccccc1Cl)C(F)F. The maximum atomic E-state index is 13.7. The van der Waals surface area contributed by atoms with Gasteiger partial charge in [0.15, 0.2) is 0 Å². The van der Waals surface area contributed by atoms with Crippen LogP contribution in [0.2, 0.25) is 5.02 Å². The minimum absolute atomic E-state index is 0.0320. The zero-order valence-electron chi connectivity index (χ0n) is 14.3. The zero-order valence-corrected chi connectivity index (χ0v) is 15.0. The van der Waals surface area contributed by atoms with E-state index in [0.717, 1.165) is 6.07 Å². The van der Waals surface area contributed by atoms with Crippen LogP contribution in [-0.2, 0) is 6.18 Å². The standard InChI is InChI=1S/C18H14ClF6NO2/c1-17(22,16(20)21)9-28-14-7-6-10(18(23,24)25)8-13(14)26-15(27)11-4-2-3-5-12(11)19/h2-8,16H,9H2,1H3,(H,26,27). The van der Waals surface area contributed by atoms with Gasteiger partial charge in [-0.1, -0.05) is 23.7 Å². The summed E-state index contributed by atoms with van der Waals surface area (Å²) in [7, 11) is 0. The molecule has 10 heteroatoms. The van der Waals surface area contributed by atoms with Crippen LogP contribution >= 0.6 is 11.6 Å². The van der Waals surface area contributed by atoms with Crippen molar-refractivity contribution in [2.75, 3.05) is 11.9 Å². The molecule has 1 atom stereocenters. The van der Waals surface area contributed by atoms with Gasteiger partial charge in [0.2, 0.25) is 5.67 Å². The molecular formula is C18H14ClF6NO2. The van der Waals surface area contributed by atoms with Crippen LogP contribution in [-0.4, -0.2) is 24.6 Å². The molecule has 0 saturated carbocycles. The van der Waals surface area contributed by atoms with E-state index in [1.807, 2.05) is 0 Å². The van der Waals surface area contributed by atoms with Crippen molar-refractivity contribution < 1.29 is 35.9 Å². The summed E-state index contributed by atoms with van der Waals surface area (Å²) in [5.74, 6) is -1.26. The van der Waals surface area contributed by atoms with Crippen LogP contribution in [0.1, 0.15) is 22.8 Å². The second-order valence-electron chi connectivity index (χ2n) is 6.01. The number of hydrogen-bond donors (Lipinski definition) is 1. The molecule has 0 aliphatic heterocycles. The third-order valence-electron chi connectivity index (χ3n) is 3.64. The first-order valence-corrected chi connectivity index (χ1v) is 8.16. The van der Waals surface area contributed by atoms with Gasteiger partial charge in [0, 0.05) is 0 Å². The molecule has 0 fully saturated rings. The number of carbonyl (C=O) groups excluding carboxylic acids is 1. The van der Waals surface area contributed by atoms with E-state index in [0.29, 0.717) is 19.1 Å². The van der Waals surface area contributed by atoms with Gasteiger partial charge in [0.1, 0.15) is 12.4 Å². The molecule has 2 aromatic carbocycles. The molecule has 0 spiro atoms.